The molecule has 3 aliphatic rings. The highest BCUT2D eigenvalue weighted by Gasteiger charge is 2.60. The molecule has 0 saturated carbocycles. The number of nitriles is 1. The minimum Gasteiger partial charge on any atom is -0.492 e. The maximum atomic E-state index is 11.4. The highest BCUT2D eigenvalue weighted by Crippen LogP contribution is 2.50. The Bertz CT molecular complexity index is 611. The van der Waals surface area contributed by atoms with Gasteiger partial charge in [-0.3, -0.25) is 0 Å². The van der Waals surface area contributed by atoms with Crippen molar-refractivity contribution in [3.63, 3.8) is 0 Å². The summed E-state index contributed by atoms with van der Waals surface area (Å²) in [5.74, 6) is 1.05. The fourth-order valence-electron chi connectivity index (χ4n) is 4.40. The fraction of sp³-hybridized carbons (Fsp3) is 0.588. The summed E-state index contributed by atoms with van der Waals surface area (Å²) in [5, 5.41) is 21.3. The molecule has 1 aromatic rings. The van der Waals surface area contributed by atoms with Gasteiger partial charge >= 0.3 is 0 Å². The first-order valence-corrected chi connectivity index (χ1v) is 7.74. The Morgan fingerprint density at radius 3 is 3.05 bits per heavy atom. The lowest BCUT2D eigenvalue weighted by Gasteiger charge is -2.50. The number of para-hydroxylation sites is 1. The van der Waals surface area contributed by atoms with Crippen molar-refractivity contribution in [2.45, 2.75) is 24.9 Å². The summed E-state index contributed by atoms with van der Waals surface area (Å²) in [6, 6.07) is 10.3. The molecule has 110 valence electrons. The van der Waals surface area contributed by atoms with E-state index in [0.717, 1.165) is 37.4 Å². The molecule has 4 heteroatoms. The molecule has 2 bridgehead atoms. The molecule has 4 nitrogen and oxygen atoms in total. The normalized spacial score (nSPS) is 41.0. The molecule has 3 aliphatic heterocycles. The lowest BCUT2D eigenvalue weighted by Crippen LogP contribution is -2.61. The van der Waals surface area contributed by atoms with E-state index in [1.54, 1.807) is 0 Å². The smallest absolute Gasteiger partial charge is 0.124 e. The molecule has 0 spiro atoms. The van der Waals surface area contributed by atoms with Gasteiger partial charge in [0, 0.05) is 25.4 Å². The third-order valence-electron chi connectivity index (χ3n) is 5.74. The predicted octanol–water partition coefficient (Wildman–Crippen LogP) is 1.59. The van der Waals surface area contributed by atoms with Gasteiger partial charge in [0.25, 0.3) is 0 Å². The Labute approximate surface area is 124 Å². The molecule has 3 heterocycles. The molecular weight excluding hydrogens is 264 g/mol. The molecule has 0 aromatic heterocycles. The number of ether oxygens (including phenoxy) is 1. The quantitative estimate of drug-likeness (QED) is 0.851. The molecule has 0 radical (unpaired) electrons. The Morgan fingerprint density at radius 1 is 1.33 bits per heavy atom. The average Bonchev–Trinajstić information content (AvgIpc) is 2.95. The van der Waals surface area contributed by atoms with Gasteiger partial charge in [-0.2, -0.15) is 5.26 Å². The minimum atomic E-state index is -0.928. The second-order valence-electron chi connectivity index (χ2n) is 6.73. The third-order valence-corrected chi connectivity index (χ3v) is 5.74. The molecule has 4 atom stereocenters. The molecular formula is C17H20N2O2. The Morgan fingerprint density at radius 2 is 2.19 bits per heavy atom. The Hall–Kier alpha value is -1.57. The monoisotopic (exact) mass is 284 g/mol. The summed E-state index contributed by atoms with van der Waals surface area (Å²) >= 11 is 0. The zero-order valence-corrected chi connectivity index (χ0v) is 12.1. The SMILES string of the molecule is N#CC1(C2(O)CCN3CCC2C3)COc2ccccc2C1. The summed E-state index contributed by atoms with van der Waals surface area (Å²) in [5.41, 5.74) is -0.704. The topological polar surface area (TPSA) is 56.5 Å². The zero-order valence-electron chi connectivity index (χ0n) is 12.1. The van der Waals surface area contributed by atoms with Crippen molar-refractivity contribution >= 4 is 0 Å². The highest BCUT2D eigenvalue weighted by molar-refractivity contribution is 5.39. The molecule has 2 fully saturated rings. The minimum absolute atomic E-state index is 0.194. The van der Waals surface area contributed by atoms with E-state index in [-0.39, 0.29) is 5.92 Å². The number of benzene rings is 1. The van der Waals surface area contributed by atoms with Crippen LogP contribution in [-0.4, -0.2) is 41.8 Å². The molecule has 2 saturated heterocycles. The first-order valence-electron chi connectivity index (χ1n) is 7.74. The van der Waals surface area contributed by atoms with Crippen LogP contribution in [0.4, 0.5) is 0 Å². The second-order valence-corrected chi connectivity index (χ2v) is 6.73. The molecule has 0 aliphatic carbocycles. The molecule has 1 aromatic carbocycles. The van der Waals surface area contributed by atoms with Gasteiger partial charge in [0.05, 0.1) is 11.7 Å². The highest BCUT2D eigenvalue weighted by atomic mass is 16.5. The predicted molar refractivity (Wildman–Crippen MR) is 77.8 cm³/mol. The number of hydrogen-bond acceptors (Lipinski definition) is 4. The summed E-state index contributed by atoms with van der Waals surface area (Å²) in [4.78, 5) is 2.39. The van der Waals surface area contributed by atoms with Crippen LogP contribution in [0.25, 0.3) is 0 Å². The first kappa shape index (κ1) is 13.1. The van der Waals surface area contributed by atoms with Gasteiger partial charge in [0.1, 0.15) is 17.8 Å². The largest absolute Gasteiger partial charge is 0.492 e. The standard InChI is InChI=1S/C17H20N2O2/c18-11-16(9-13-3-1-2-4-15(13)21-12-16)17(20)6-8-19-7-5-14(17)10-19/h1-4,14,20H,5-10,12H2. The second kappa shape index (κ2) is 4.46. The van der Waals surface area contributed by atoms with Crippen LogP contribution in [0, 0.1) is 22.7 Å². The van der Waals surface area contributed by atoms with Gasteiger partial charge in [-0.25, -0.2) is 0 Å². The lowest BCUT2D eigenvalue weighted by molar-refractivity contribution is -0.136. The van der Waals surface area contributed by atoms with Crippen molar-refractivity contribution in [1.82, 2.24) is 4.90 Å². The van der Waals surface area contributed by atoms with Crippen LogP contribution in [0.3, 0.4) is 0 Å². The van der Waals surface area contributed by atoms with Gasteiger partial charge < -0.3 is 14.7 Å². The van der Waals surface area contributed by atoms with Crippen molar-refractivity contribution < 1.29 is 9.84 Å². The van der Waals surface area contributed by atoms with Crippen LogP contribution in [0.15, 0.2) is 24.3 Å². The number of rotatable bonds is 1. The first-order chi connectivity index (χ1) is 10.2. The lowest BCUT2D eigenvalue weighted by atomic mass is 9.61. The molecule has 1 N–H and O–H groups in total. The number of piperidine rings is 1. The van der Waals surface area contributed by atoms with E-state index in [9.17, 15) is 10.4 Å². The van der Waals surface area contributed by atoms with E-state index < -0.39 is 11.0 Å². The Balaban J connectivity index is 1.73. The molecule has 4 unspecified atom stereocenters. The van der Waals surface area contributed by atoms with Gasteiger partial charge in [0.15, 0.2) is 0 Å². The van der Waals surface area contributed by atoms with Crippen LogP contribution in [0.5, 0.6) is 5.75 Å². The van der Waals surface area contributed by atoms with Gasteiger partial charge in [-0.05, 0) is 31.0 Å². The number of nitrogens with zero attached hydrogens (tertiary/aromatic N) is 2. The maximum Gasteiger partial charge on any atom is 0.124 e. The van der Waals surface area contributed by atoms with Crippen molar-refractivity contribution in [1.29, 1.82) is 5.26 Å². The van der Waals surface area contributed by atoms with Crippen molar-refractivity contribution in [2.75, 3.05) is 26.2 Å². The molecule has 0 amide bonds. The van der Waals surface area contributed by atoms with Crippen molar-refractivity contribution in [3.8, 4) is 11.8 Å². The summed E-state index contributed by atoms with van der Waals surface area (Å²) in [6.45, 7) is 3.15. The van der Waals surface area contributed by atoms with Crippen LogP contribution in [0.1, 0.15) is 18.4 Å². The summed E-state index contributed by atoms with van der Waals surface area (Å²) in [7, 11) is 0. The number of fused-ring (bicyclic) bond motifs is 3. The third kappa shape index (κ3) is 1.74. The van der Waals surface area contributed by atoms with Gasteiger partial charge in [-0.15, -0.1) is 0 Å². The van der Waals surface area contributed by atoms with E-state index in [1.165, 1.54) is 0 Å². The average molecular weight is 284 g/mol. The number of aliphatic hydroxyl groups is 1. The molecule has 4 rings (SSSR count). The van der Waals surface area contributed by atoms with Crippen LogP contribution in [-0.2, 0) is 6.42 Å². The van der Waals surface area contributed by atoms with E-state index in [4.69, 9.17) is 4.74 Å². The van der Waals surface area contributed by atoms with E-state index in [2.05, 4.69) is 11.0 Å². The maximum absolute atomic E-state index is 11.4. The van der Waals surface area contributed by atoms with Crippen molar-refractivity contribution in [2.24, 2.45) is 11.3 Å². The number of hydrogen-bond donors (Lipinski definition) is 1. The molecule has 21 heavy (non-hydrogen) atoms. The van der Waals surface area contributed by atoms with Gasteiger partial charge in [0.2, 0.25) is 0 Å². The van der Waals surface area contributed by atoms with E-state index in [0.29, 0.717) is 19.4 Å². The van der Waals surface area contributed by atoms with Crippen LogP contribution < -0.4 is 4.74 Å². The Kier molecular flexibility index (Phi) is 2.79. The van der Waals surface area contributed by atoms with E-state index >= 15 is 0 Å². The zero-order chi connectivity index (χ0) is 14.5. The fourth-order valence-corrected chi connectivity index (χ4v) is 4.40. The van der Waals surface area contributed by atoms with E-state index in [1.807, 2.05) is 24.3 Å². The van der Waals surface area contributed by atoms with Gasteiger partial charge in [-0.1, -0.05) is 18.2 Å². The van der Waals surface area contributed by atoms with Crippen molar-refractivity contribution in [3.05, 3.63) is 29.8 Å². The summed E-state index contributed by atoms with van der Waals surface area (Å²) < 4.78 is 5.86. The summed E-state index contributed by atoms with van der Waals surface area (Å²) in [6.07, 6.45) is 2.25. The van der Waals surface area contributed by atoms with Crippen LogP contribution in [0.2, 0.25) is 0 Å². The van der Waals surface area contributed by atoms with Crippen LogP contribution >= 0.6 is 0 Å².